The van der Waals surface area contributed by atoms with E-state index >= 15 is 0 Å². The molecule has 1 saturated carbocycles. The fourth-order valence-corrected chi connectivity index (χ4v) is 4.64. The van der Waals surface area contributed by atoms with E-state index in [1.807, 2.05) is 44.2 Å². The molecule has 1 amide bonds. The maximum atomic E-state index is 13.2. The van der Waals surface area contributed by atoms with Crippen molar-refractivity contribution >= 4 is 28.5 Å². The van der Waals surface area contributed by atoms with Crippen LogP contribution in [0.1, 0.15) is 56.4 Å². The highest BCUT2D eigenvalue weighted by Gasteiger charge is 2.51. The van der Waals surface area contributed by atoms with E-state index in [0.717, 1.165) is 52.9 Å². The lowest BCUT2D eigenvalue weighted by atomic mass is 9.84. The van der Waals surface area contributed by atoms with Gasteiger partial charge in [-0.2, -0.15) is 0 Å². The standard InChI is InChI=1S/C26H28N2O4/c1-25(2,9-7-23(29)30)22-15-17-14-19(4-5-20(17)28-22)27-24(31)26(10-11-26)18-3-6-21-16(13-18)8-12-32-21/h3-6,13-15,28H,7-12H2,1-2H3,(H,27,31)(H,29,30). The van der Waals surface area contributed by atoms with Crippen LogP contribution in [-0.4, -0.2) is 28.6 Å². The molecule has 0 spiro atoms. The number of carboxylic acid groups (broad SMARTS) is 1. The number of aromatic amines is 1. The van der Waals surface area contributed by atoms with Crippen molar-refractivity contribution in [3.8, 4) is 5.75 Å². The quantitative estimate of drug-likeness (QED) is 0.494. The Bertz CT molecular complexity index is 1220. The Labute approximate surface area is 187 Å². The van der Waals surface area contributed by atoms with Gasteiger partial charge in [-0.15, -0.1) is 0 Å². The molecule has 2 aliphatic rings. The van der Waals surface area contributed by atoms with Crippen molar-refractivity contribution in [2.45, 2.75) is 56.8 Å². The van der Waals surface area contributed by atoms with Crippen LogP contribution in [0, 0.1) is 0 Å². The third kappa shape index (κ3) is 3.64. The monoisotopic (exact) mass is 432 g/mol. The van der Waals surface area contributed by atoms with Crippen molar-refractivity contribution in [2.75, 3.05) is 11.9 Å². The molecule has 2 aromatic carbocycles. The fraction of sp³-hybridized carbons (Fsp3) is 0.385. The maximum Gasteiger partial charge on any atom is 0.303 e. The number of carbonyl (C=O) groups excluding carboxylic acids is 1. The lowest BCUT2D eigenvalue weighted by Crippen LogP contribution is -2.27. The van der Waals surface area contributed by atoms with Crippen LogP contribution >= 0.6 is 0 Å². The summed E-state index contributed by atoms with van der Waals surface area (Å²) >= 11 is 0. The Morgan fingerprint density at radius 3 is 2.72 bits per heavy atom. The Morgan fingerprint density at radius 2 is 1.97 bits per heavy atom. The molecule has 0 saturated heterocycles. The van der Waals surface area contributed by atoms with Crippen molar-refractivity contribution in [3.63, 3.8) is 0 Å². The number of carboxylic acids is 1. The first kappa shape index (κ1) is 20.6. The smallest absolute Gasteiger partial charge is 0.303 e. The van der Waals surface area contributed by atoms with Crippen LogP contribution in [0.4, 0.5) is 5.69 Å². The average molecular weight is 433 g/mol. The molecule has 0 radical (unpaired) electrons. The van der Waals surface area contributed by atoms with Crippen molar-refractivity contribution in [2.24, 2.45) is 0 Å². The summed E-state index contributed by atoms with van der Waals surface area (Å²) in [6.07, 6.45) is 3.28. The number of rotatable bonds is 7. The lowest BCUT2D eigenvalue weighted by Gasteiger charge is -2.22. The zero-order valence-corrected chi connectivity index (χ0v) is 18.5. The highest BCUT2D eigenvalue weighted by Crippen LogP contribution is 2.50. The number of anilines is 1. The molecular formula is C26H28N2O4. The molecule has 3 N–H and O–H groups in total. The molecule has 32 heavy (non-hydrogen) atoms. The minimum absolute atomic E-state index is 0.0354. The van der Waals surface area contributed by atoms with Crippen LogP contribution in [0.5, 0.6) is 5.75 Å². The van der Waals surface area contributed by atoms with Gasteiger partial charge in [-0.3, -0.25) is 9.59 Å². The number of nitrogens with one attached hydrogen (secondary N) is 2. The third-order valence-corrected chi connectivity index (χ3v) is 7.00. The number of aromatic nitrogens is 1. The molecular weight excluding hydrogens is 404 g/mol. The van der Waals surface area contributed by atoms with Gasteiger partial charge in [0.25, 0.3) is 0 Å². The first-order chi connectivity index (χ1) is 15.3. The lowest BCUT2D eigenvalue weighted by molar-refractivity contribution is -0.137. The second kappa shape index (κ2) is 7.40. The van der Waals surface area contributed by atoms with E-state index in [9.17, 15) is 9.59 Å². The van der Waals surface area contributed by atoms with E-state index in [2.05, 4.69) is 22.4 Å². The molecule has 0 atom stereocenters. The topological polar surface area (TPSA) is 91.4 Å². The summed E-state index contributed by atoms with van der Waals surface area (Å²) in [5.41, 5.74) is 4.27. The number of benzene rings is 2. The van der Waals surface area contributed by atoms with Gasteiger partial charge in [-0.1, -0.05) is 26.0 Å². The number of hydrogen-bond acceptors (Lipinski definition) is 3. The molecule has 0 unspecified atom stereocenters. The van der Waals surface area contributed by atoms with Crippen LogP contribution in [0.2, 0.25) is 0 Å². The Balaban J connectivity index is 1.35. The second-order valence-corrected chi connectivity index (χ2v) is 9.72. The summed E-state index contributed by atoms with van der Waals surface area (Å²) in [5, 5.41) is 13.2. The summed E-state index contributed by atoms with van der Waals surface area (Å²) < 4.78 is 5.60. The van der Waals surface area contributed by atoms with Gasteiger partial charge in [0.15, 0.2) is 0 Å². The molecule has 5 rings (SSSR count). The highest BCUT2D eigenvalue weighted by molar-refractivity contribution is 6.02. The average Bonchev–Trinajstić information content (AvgIpc) is 3.24. The molecule has 1 aliphatic heterocycles. The maximum absolute atomic E-state index is 13.2. The minimum atomic E-state index is -0.788. The van der Waals surface area contributed by atoms with Gasteiger partial charge in [0, 0.05) is 40.5 Å². The summed E-state index contributed by atoms with van der Waals surface area (Å²) in [7, 11) is 0. The Kier molecular flexibility index (Phi) is 4.77. The minimum Gasteiger partial charge on any atom is -0.493 e. The van der Waals surface area contributed by atoms with Crippen LogP contribution < -0.4 is 10.1 Å². The predicted octanol–water partition coefficient (Wildman–Crippen LogP) is 4.92. The van der Waals surface area contributed by atoms with E-state index in [0.29, 0.717) is 13.0 Å². The molecule has 1 aliphatic carbocycles. The largest absolute Gasteiger partial charge is 0.493 e. The van der Waals surface area contributed by atoms with E-state index in [1.54, 1.807) is 0 Å². The number of aliphatic carboxylic acids is 1. The molecule has 3 aromatic rings. The van der Waals surface area contributed by atoms with Crippen LogP contribution in [0.15, 0.2) is 42.5 Å². The number of H-pyrrole nitrogens is 1. The third-order valence-electron chi connectivity index (χ3n) is 7.00. The van der Waals surface area contributed by atoms with Crippen LogP contribution in [0.25, 0.3) is 10.9 Å². The summed E-state index contributed by atoms with van der Waals surface area (Å²) in [4.78, 5) is 27.6. The predicted molar refractivity (Wildman–Crippen MR) is 123 cm³/mol. The number of fused-ring (bicyclic) bond motifs is 2. The zero-order valence-electron chi connectivity index (χ0n) is 18.5. The first-order valence-electron chi connectivity index (χ1n) is 11.2. The summed E-state index contributed by atoms with van der Waals surface area (Å²) in [6.45, 7) is 4.80. The van der Waals surface area contributed by atoms with Gasteiger partial charge in [0.05, 0.1) is 12.0 Å². The molecule has 6 nitrogen and oxygen atoms in total. The van der Waals surface area contributed by atoms with Gasteiger partial charge in [-0.25, -0.2) is 0 Å². The number of amides is 1. The van der Waals surface area contributed by atoms with Crippen molar-refractivity contribution < 1.29 is 19.4 Å². The molecule has 6 heteroatoms. The second-order valence-electron chi connectivity index (χ2n) is 9.72. The molecule has 0 bridgehead atoms. The SMILES string of the molecule is CC(C)(CCC(=O)O)c1cc2cc(NC(=O)C3(c4ccc5c(c4)CCO5)CC3)ccc2[nH]1. The first-order valence-corrected chi connectivity index (χ1v) is 11.2. The van der Waals surface area contributed by atoms with E-state index in [-0.39, 0.29) is 17.7 Å². The normalized spacial score (nSPS) is 16.4. The van der Waals surface area contributed by atoms with E-state index in [1.165, 1.54) is 5.56 Å². The molecule has 1 fully saturated rings. The van der Waals surface area contributed by atoms with E-state index in [4.69, 9.17) is 9.84 Å². The molecule has 1 aromatic heterocycles. The number of carbonyl (C=O) groups is 2. The number of hydrogen-bond donors (Lipinski definition) is 3. The van der Waals surface area contributed by atoms with Gasteiger partial charge >= 0.3 is 5.97 Å². The summed E-state index contributed by atoms with van der Waals surface area (Å²) in [6, 6.07) is 14.1. The highest BCUT2D eigenvalue weighted by atomic mass is 16.5. The van der Waals surface area contributed by atoms with Crippen LogP contribution in [-0.2, 0) is 26.8 Å². The van der Waals surface area contributed by atoms with E-state index < -0.39 is 11.4 Å². The van der Waals surface area contributed by atoms with Gasteiger partial charge < -0.3 is 20.1 Å². The Hall–Kier alpha value is -3.28. The summed E-state index contributed by atoms with van der Waals surface area (Å²) in [5.74, 6) is 0.183. The van der Waals surface area contributed by atoms with Gasteiger partial charge in [0.1, 0.15) is 5.75 Å². The molecule has 2 heterocycles. The Morgan fingerprint density at radius 1 is 1.16 bits per heavy atom. The molecule has 166 valence electrons. The van der Waals surface area contributed by atoms with Crippen molar-refractivity contribution in [1.29, 1.82) is 0 Å². The van der Waals surface area contributed by atoms with Gasteiger partial charge in [-0.05, 0) is 60.7 Å². The van der Waals surface area contributed by atoms with Crippen molar-refractivity contribution in [3.05, 3.63) is 59.3 Å². The zero-order chi connectivity index (χ0) is 22.5. The number of ether oxygens (including phenoxy) is 1. The van der Waals surface area contributed by atoms with Gasteiger partial charge in [0.2, 0.25) is 5.91 Å². The van der Waals surface area contributed by atoms with Crippen LogP contribution in [0.3, 0.4) is 0 Å². The fourth-order valence-electron chi connectivity index (χ4n) is 4.64. The van der Waals surface area contributed by atoms with Crippen molar-refractivity contribution in [1.82, 2.24) is 4.98 Å².